The predicted molar refractivity (Wildman–Crippen MR) is 85.9 cm³/mol. The molecule has 1 aliphatic carbocycles. The monoisotopic (exact) mass is 316 g/mol. The molecule has 2 aromatic rings. The molecule has 1 aliphatic rings. The summed E-state index contributed by atoms with van der Waals surface area (Å²) in [6.07, 6.45) is 3.74. The van der Waals surface area contributed by atoms with Crippen LogP contribution in [0.4, 0.5) is 4.39 Å². The number of rotatable bonds is 5. The minimum atomic E-state index is -0.374. The van der Waals surface area contributed by atoms with Gasteiger partial charge in [-0.25, -0.2) is 9.07 Å². The number of carbonyl (C=O) groups is 1. The smallest absolute Gasteiger partial charge is 0.255 e. The van der Waals surface area contributed by atoms with Gasteiger partial charge in [0.25, 0.3) is 5.91 Å². The molecule has 1 atom stereocenters. The molecule has 0 saturated heterocycles. The first kappa shape index (κ1) is 15.7. The van der Waals surface area contributed by atoms with E-state index in [1.54, 1.807) is 16.8 Å². The molecule has 0 radical (unpaired) electrons. The van der Waals surface area contributed by atoms with Crippen LogP contribution in [0.2, 0.25) is 0 Å². The third-order valence-electron chi connectivity index (χ3n) is 4.63. The first-order chi connectivity index (χ1) is 10.9. The molecule has 1 fully saturated rings. The van der Waals surface area contributed by atoms with E-state index in [4.69, 9.17) is 5.73 Å². The van der Waals surface area contributed by atoms with Gasteiger partial charge in [-0.3, -0.25) is 4.79 Å². The third-order valence-corrected chi connectivity index (χ3v) is 4.63. The van der Waals surface area contributed by atoms with Crippen molar-refractivity contribution < 1.29 is 9.18 Å². The quantitative estimate of drug-likeness (QED) is 0.888. The molecule has 1 heterocycles. The Bertz CT molecular complexity index is 721. The second kappa shape index (κ2) is 5.77. The Labute approximate surface area is 134 Å². The Morgan fingerprint density at radius 2 is 2.09 bits per heavy atom. The molecule has 5 nitrogen and oxygen atoms in total. The largest absolute Gasteiger partial charge is 0.345 e. The minimum absolute atomic E-state index is 0.171. The number of amides is 1. The van der Waals surface area contributed by atoms with Crippen LogP contribution in [0.1, 0.15) is 35.8 Å². The van der Waals surface area contributed by atoms with Gasteiger partial charge in [0, 0.05) is 6.54 Å². The zero-order chi connectivity index (χ0) is 16.6. The SMILES string of the molecule is Cc1c(C(=O)NC(C)(CN)C2CC2)cnn1-c1ccc(F)cc1. The van der Waals surface area contributed by atoms with E-state index < -0.39 is 0 Å². The van der Waals surface area contributed by atoms with Crippen LogP contribution in [0.25, 0.3) is 5.69 Å². The Kier molecular flexibility index (Phi) is 3.93. The van der Waals surface area contributed by atoms with Crippen LogP contribution in [0.5, 0.6) is 0 Å². The zero-order valence-corrected chi connectivity index (χ0v) is 13.3. The van der Waals surface area contributed by atoms with Gasteiger partial charge >= 0.3 is 0 Å². The van der Waals surface area contributed by atoms with E-state index >= 15 is 0 Å². The van der Waals surface area contributed by atoms with E-state index in [1.807, 2.05) is 13.8 Å². The Morgan fingerprint density at radius 1 is 1.43 bits per heavy atom. The van der Waals surface area contributed by atoms with Crippen LogP contribution in [-0.2, 0) is 0 Å². The van der Waals surface area contributed by atoms with E-state index in [1.165, 1.54) is 18.3 Å². The fourth-order valence-corrected chi connectivity index (χ4v) is 2.84. The summed E-state index contributed by atoms with van der Waals surface area (Å²) in [4.78, 5) is 12.6. The van der Waals surface area contributed by atoms with Gasteiger partial charge in [0.2, 0.25) is 0 Å². The molecule has 1 unspecified atom stereocenters. The minimum Gasteiger partial charge on any atom is -0.345 e. The molecule has 23 heavy (non-hydrogen) atoms. The molecule has 3 rings (SSSR count). The molecular formula is C17H21FN4O. The lowest BCUT2D eigenvalue weighted by atomic mass is 9.95. The molecule has 6 heteroatoms. The van der Waals surface area contributed by atoms with E-state index in [0.29, 0.717) is 29.4 Å². The van der Waals surface area contributed by atoms with Gasteiger partial charge < -0.3 is 11.1 Å². The number of aromatic nitrogens is 2. The number of carbonyl (C=O) groups excluding carboxylic acids is 1. The first-order valence-corrected chi connectivity index (χ1v) is 7.78. The summed E-state index contributed by atoms with van der Waals surface area (Å²) in [6.45, 7) is 4.22. The Morgan fingerprint density at radius 3 is 2.65 bits per heavy atom. The van der Waals surface area contributed by atoms with E-state index in [9.17, 15) is 9.18 Å². The summed E-state index contributed by atoms with van der Waals surface area (Å²) in [5.41, 5.74) is 7.41. The van der Waals surface area contributed by atoms with Gasteiger partial charge in [-0.1, -0.05) is 0 Å². The number of nitrogens with two attached hydrogens (primary N) is 1. The predicted octanol–water partition coefficient (Wildman–Crippen LogP) is 2.18. The fraction of sp³-hybridized carbons (Fsp3) is 0.412. The average molecular weight is 316 g/mol. The topological polar surface area (TPSA) is 72.9 Å². The fourth-order valence-electron chi connectivity index (χ4n) is 2.84. The standard InChI is InChI=1S/C17H21FN4O/c1-11-15(16(23)21-17(2,10-19)12-3-4-12)9-20-22(11)14-7-5-13(18)6-8-14/h5-9,12H,3-4,10,19H2,1-2H3,(H,21,23). The van der Waals surface area contributed by atoms with Crippen molar-refractivity contribution in [2.45, 2.75) is 32.2 Å². The molecule has 122 valence electrons. The maximum atomic E-state index is 13.0. The Hall–Kier alpha value is -2.21. The van der Waals surface area contributed by atoms with Gasteiger partial charge in [-0.15, -0.1) is 0 Å². The van der Waals surface area contributed by atoms with E-state index in [-0.39, 0.29) is 17.3 Å². The number of benzene rings is 1. The van der Waals surface area contributed by atoms with Crippen LogP contribution in [0.15, 0.2) is 30.5 Å². The summed E-state index contributed by atoms with van der Waals surface area (Å²) in [5.74, 6) is -0.0284. The van der Waals surface area contributed by atoms with E-state index in [0.717, 1.165) is 12.8 Å². The molecule has 1 aromatic heterocycles. The first-order valence-electron chi connectivity index (χ1n) is 7.78. The van der Waals surface area contributed by atoms with Crippen LogP contribution in [0, 0.1) is 18.7 Å². The molecular weight excluding hydrogens is 295 g/mol. The van der Waals surface area contributed by atoms with Crippen molar-refractivity contribution in [2.75, 3.05) is 6.54 Å². The lowest BCUT2D eigenvalue weighted by Gasteiger charge is -2.29. The lowest BCUT2D eigenvalue weighted by molar-refractivity contribution is 0.0897. The van der Waals surface area contributed by atoms with Crippen LogP contribution >= 0.6 is 0 Å². The summed E-state index contributed by atoms with van der Waals surface area (Å²) in [6, 6.07) is 6.00. The van der Waals surface area contributed by atoms with Crippen molar-refractivity contribution in [1.82, 2.24) is 15.1 Å². The summed E-state index contributed by atoms with van der Waals surface area (Å²) < 4.78 is 14.7. The van der Waals surface area contributed by atoms with Crippen molar-refractivity contribution >= 4 is 5.91 Å². The normalized spacial score (nSPS) is 16.9. The summed E-state index contributed by atoms with van der Waals surface area (Å²) in [5, 5.41) is 7.31. The summed E-state index contributed by atoms with van der Waals surface area (Å²) in [7, 11) is 0. The second-order valence-corrected chi connectivity index (χ2v) is 6.38. The molecule has 1 saturated carbocycles. The van der Waals surface area contributed by atoms with Crippen LogP contribution < -0.4 is 11.1 Å². The van der Waals surface area contributed by atoms with Gasteiger partial charge in [0.1, 0.15) is 5.82 Å². The number of nitrogens with one attached hydrogen (secondary N) is 1. The number of hydrogen-bond acceptors (Lipinski definition) is 3. The highest BCUT2D eigenvalue weighted by atomic mass is 19.1. The van der Waals surface area contributed by atoms with Crippen molar-refractivity contribution in [3.63, 3.8) is 0 Å². The average Bonchev–Trinajstić information content (AvgIpc) is 3.32. The van der Waals surface area contributed by atoms with Crippen LogP contribution in [0.3, 0.4) is 0 Å². The summed E-state index contributed by atoms with van der Waals surface area (Å²) >= 11 is 0. The highest BCUT2D eigenvalue weighted by Crippen LogP contribution is 2.39. The molecule has 3 N–H and O–H groups in total. The lowest BCUT2D eigenvalue weighted by Crippen LogP contribution is -2.53. The van der Waals surface area contributed by atoms with Crippen molar-refractivity contribution in [2.24, 2.45) is 11.7 Å². The Balaban J connectivity index is 1.83. The van der Waals surface area contributed by atoms with Crippen molar-refractivity contribution in [3.8, 4) is 5.69 Å². The molecule has 0 spiro atoms. The highest BCUT2D eigenvalue weighted by molar-refractivity contribution is 5.95. The van der Waals surface area contributed by atoms with Gasteiger partial charge in [-0.05, 0) is 56.9 Å². The van der Waals surface area contributed by atoms with E-state index in [2.05, 4.69) is 10.4 Å². The second-order valence-electron chi connectivity index (χ2n) is 6.38. The van der Waals surface area contributed by atoms with Gasteiger partial charge in [0.05, 0.1) is 28.7 Å². The van der Waals surface area contributed by atoms with Gasteiger partial charge in [0.15, 0.2) is 0 Å². The maximum Gasteiger partial charge on any atom is 0.255 e. The number of hydrogen-bond donors (Lipinski definition) is 2. The highest BCUT2D eigenvalue weighted by Gasteiger charge is 2.41. The molecule has 1 amide bonds. The zero-order valence-electron chi connectivity index (χ0n) is 13.3. The van der Waals surface area contributed by atoms with Crippen molar-refractivity contribution in [1.29, 1.82) is 0 Å². The maximum absolute atomic E-state index is 13.0. The van der Waals surface area contributed by atoms with Crippen molar-refractivity contribution in [3.05, 3.63) is 47.5 Å². The number of nitrogens with zero attached hydrogens (tertiary/aromatic N) is 2. The third kappa shape index (κ3) is 2.99. The molecule has 0 bridgehead atoms. The van der Waals surface area contributed by atoms with Gasteiger partial charge in [-0.2, -0.15) is 5.10 Å². The molecule has 0 aliphatic heterocycles. The molecule has 1 aromatic carbocycles. The van der Waals surface area contributed by atoms with Crippen LogP contribution in [-0.4, -0.2) is 27.8 Å². The number of halogens is 1.